The molecule has 0 aliphatic heterocycles. The molecule has 1 aromatic rings. The number of nitrogens with zero attached hydrogens (tertiary/aromatic N) is 2. The van der Waals surface area contributed by atoms with Gasteiger partial charge in [0.15, 0.2) is 0 Å². The SMILES string of the molecule is O=C(Cn1[c]n[nH]c(=O)c1=O)NCCO. The molecule has 0 saturated carbocycles. The Balaban J connectivity index is 2.73. The molecule has 0 aliphatic rings. The fourth-order valence-electron chi connectivity index (χ4n) is 0.854. The van der Waals surface area contributed by atoms with E-state index >= 15 is 0 Å². The first-order valence-corrected chi connectivity index (χ1v) is 4.10. The van der Waals surface area contributed by atoms with Crippen LogP contribution < -0.4 is 16.4 Å². The largest absolute Gasteiger partial charge is 0.395 e. The summed E-state index contributed by atoms with van der Waals surface area (Å²) in [5.41, 5.74) is -1.81. The zero-order valence-electron chi connectivity index (χ0n) is 7.69. The first-order chi connectivity index (χ1) is 7.15. The maximum absolute atomic E-state index is 11.1. The van der Waals surface area contributed by atoms with Crippen LogP contribution in [0.15, 0.2) is 9.59 Å². The lowest BCUT2D eigenvalue weighted by molar-refractivity contribution is -0.121. The minimum Gasteiger partial charge on any atom is -0.395 e. The molecule has 81 valence electrons. The van der Waals surface area contributed by atoms with E-state index in [1.165, 1.54) is 0 Å². The molecule has 0 saturated heterocycles. The molecular weight excluding hydrogens is 204 g/mol. The second-order valence-electron chi connectivity index (χ2n) is 2.62. The van der Waals surface area contributed by atoms with Gasteiger partial charge in [0.1, 0.15) is 6.54 Å². The van der Waals surface area contributed by atoms with Gasteiger partial charge in [-0.2, -0.15) is 5.10 Å². The van der Waals surface area contributed by atoms with E-state index in [2.05, 4.69) is 16.7 Å². The van der Waals surface area contributed by atoms with E-state index < -0.39 is 17.0 Å². The highest BCUT2D eigenvalue weighted by Gasteiger charge is 2.06. The second kappa shape index (κ2) is 5.05. The van der Waals surface area contributed by atoms with Gasteiger partial charge < -0.3 is 10.4 Å². The summed E-state index contributed by atoms with van der Waals surface area (Å²) < 4.78 is 0.755. The highest BCUT2D eigenvalue weighted by molar-refractivity contribution is 5.75. The number of amides is 1. The van der Waals surface area contributed by atoms with Crippen molar-refractivity contribution < 1.29 is 9.90 Å². The molecule has 3 N–H and O–H groups in total. The van der Waals surface area contributed by atoms with Gasteiger partial charge in [-0.3, -0.25) is 19.0 Å². The van der Waals surface area contributed by atoms with Crippen molar-refractivity contribution in [2.24, 2.45) is 0 Å². The van der Waals surface area contributed by atoms with Crippen LogP contribution in [0.5, 0.6) is 0 Å². The highest BCUT2D eigenvalue weighted by atomic mass is 16.3. The number of nitrogens with one attached hydrogen (secondary N) is 2. The summed E-state index contributed by atoms with van der Waals surface area (Å²) in [6, 6.07) is 0. The summed E-state index contributed by atoms with van der Waals surface area (Å²) in [6.45, 7) is -0.460. The van der Waals surface area contributed by atoms with E-state index in [4.69, 9.17) is 5.11 Å². The van der Waals surface area contributed by atoms with Crippen molar-refractivity contribution in [2.45, 2.75) is 6.54 Å². The summed E-state index contributed by atoms with van der Waals surface area (Å²) in [7, 11) is 0. The fourth-order valence-corrected chi connectivity index (χ4v) is 0.854. The number of rotatable bonds is 4. The van der Waals surface area contributed by atoms with Crippen molar-refractivity contribution in [2.75, 3.05) is 13.2 Å². The van der Waals surface area contributed by atoms with Crippen LogP contribution >= 0.6 is 0 Å². The summed E-state index contributed by atoms with van der Waals surface area (Å²) in [6.07, 6.45) is 2.16. The molecule has 0 aromatic carbocycles. The van der Waals surface area contributed by atoms with E-state index in [1.807, 2.05) is 5.10 Å². The average Bonchev–Trinajstić information content (AvgIpc) is 2.22. The van der Waals surface area contributed by atoms with Crippen molar-refractivity contribution in [3.63, 3.8) is 0 Å². The molecule has 1 amide bonds. The van der Waals surface area contributed by atoms with Gasteiger partial charge in [-0.15, -0.1) is 0 Å². The quantitative estimate of drug-likeness (QED) is 0.456. The van der Waals surface area contributed by atoms with Crippen LogP contribution in [-0.2, 0) is 11.3 Å². The van der Waals surface area contributed by atoms with Crippen molar-refractivity contribution in [3.05, 3.63) is 27.0 Å². The molecule has 0 bridgehead atoms. The number of aromatic nitrogens is 3. The third-order valence-corrected chi connectivity index (χ3v) is 1.50. The maximum Gasteiger partial charge on any atom is 0.330 e. The first kappa shape index (κ1) is 11.1. The number of aliphatic hydroxyl groups is 1. The summed E-state index contributed by atoms with van der Waals surface area (Å²) in [4.78, 5) is 33.0. The molecular formula is C7H9N4O4. The van der Waals surface area contributed by atoms with Crippen LogP contribution in [0.1, 0.15) is 0 Å². The predicted molar refractivity (Wildman–Crippen MR) is 48.0 cm³/mol. The molecule has 1 rings (SSSR count). The normalized spacial score (nSPS) is 9.93. The third-order valence-electron chi connectivity index (χ3n) is 1.50. The van der Waals surface area contributed by atoms with Gasteiger partial charge in [-0.1, -0.05) is 0 Å². The maximum atomic E-state index is 11.1. The molecule has 8 heteroatoms. The Bertz CT molecular complexity index is 449. The first-order valence-electron chi connectivity index (χ1n) is 4.10. The number of carbonyl (C=O) groups is 1. The molecule has 0 aliphatic carbocycles. The van der Waals surface area contributed by atoms with E-state index in [0.29, 0.717) is 0 Å². The predicted octanol–water partition coefficient (Wildman–Crippen LogP) is -3.16. The number of hydrogen-bond donors (Lipinski definition) is 3. The Morgan fingerprint density at radius 1 is 1.60 bits per heavy atom. The molecule has 8 nitrogen and oxygen atoms in total. The zero-order chi connectivity index (χ0) is 11.3. The fraction of sp³-hybridized carbons (Fsp3) is 0.429. The summed E-state index contributed by atoms with van der Waals surface area (Å²) >= 11 is 0. The van der Waals surface area contributed by atoms with E-state index in [1.54, 1.807) is 0 Å². The van der Waals surface area contributed by atoms with Crippen molar-refractivity contribution in [3.8, 4) is 0 Å². The number of carbonyl (C=O) groups excluding carboxylic acids is 1. The zero-order valence-corrected chi connectivity index (χ0v) is 7.69. The van der Waals surface area contributed by atoms with E-state index in [-0.39, 0.29) is 19.7 Å². The van der Waals surface area contributed by atoms with Crippen LogP contribution in [0.3, 0.4) is 0 Å². The Hall–Kier alpha value is -1.96. The highest BCUT2D eigenvalue weighted by Crippen LogP contribution is 1.74. The van der Waals surface area contributed by atoms with Crippen LogP contribution in [0.25, 0.3) is 0 Å². The Kier molecular flexibility index (Phi) is 3.75. The Morgan fingerprint density at radius 3 is 3.00 bits per heavy atom. The van der Waals surface area contributed by atoms with Gasteiger partial charge in [0.25, 0.3) is 0 Å². The average molecular weight is 213 g/mol. The van der Waals surface area contributed by atoms with E-state index in [9.17, 15) is 14.4 Å². The topological polar surface area (TPSA) is 117 Å². The van der Waals surface area contributed by atoms with Crippen LogP contribution in [0, 0.1) is 6.33 Å². The monoisotopic (exact) mass is 213 g/mol. The summed E-state index contributed by atoms with van der Waals surface area (Å²) in [5.74, 6) is -0.505. The Labute approximate surface area is 83.6 Å². The molecule has 0 atom stereocenters. The van der Waals surface area contributed by atoms with Gasteiger partial charge in [-0.05, 0) is 0 Å². The van der Waals surface area contributed by atoms with Crippen molar-refractivity contribution in [1.29, 1.82) is 0 Å². The minimum atomic E-state index is -0.913. The molecule has 0 fully saturated rings. The second-order valence-corrected chi connectivity index (χ2v) is 2.62. The van der Waals surface area contributed by atoms with Crippen LogP contribution in [0.4, 0.5) is 0 Å². The lowest BCUT2D eigenvalue weighted by Gasteiger charge is -2.03. The number of hydrogen-bond acceptors (Lipinski definition) is 5. The van der Waals surface area contributed by atoms with Gasteiger partial charge >= 0.3 is 11.1 Å². The number of aromatic amines is 1. The molecule has 1 aromatic heterocycles. The smallest absolute Gasteiger partial charge is 0.330 e. The molecule has 0 spiro atoms. The number of aliphatic hydroxyl groups excluding tert-OH is 1. The van der Waals surface area contributed by atoms with Gasteiger partial charge in [0, 0.05) is 6.54 Å². The summed E-state index contributed by atoms with van der Waals surface area (Å²) in [5, 5.41) is 15.9. The van der Waals surface area contributed by atoms with Gasteiger partial charge in [-0.25, -0.2) is 5.10 Å². The van der Waals surface area contributed by atoms with Gasteiger partial charge in [0.05, 0.1) is 6.61 Å². The lowest BCUT2D eigenvalue weighted by atomic mass is 10.5. The molecule has 1 heterocycles. The van der Waals surface area contributed by atoms with Crippen molar-refractivity contribution in [1.82, 2.24) is 20.1 Å². The number of H-pyrrole nitrogens is 1. The molecule has 0 unspecified atom stereocenters. The van der Waals surface area contributed by atoms with Crippen molar-refractivity contribution >= 4 is 5.91 Å². The molecule has 1 radical (unpaired) electrons. The Morgan fingerprint density at radius 2 is 2.33 bits per heavy atom. The van der Waals surface area contributed by atoms with E-state index in [0.717, 1.165) is 4.57 Å². The standard InChI is InChI=1S/C7H9N4O4/c12-2-1-8-5(13)3-11-4-9-10-6(14)7(11)15/h12H,1-3H2,(H,8,13)(H,10,14). The van der Waals surface area contributed by atoms with Crippen LogP contribution in [0.2, 0.25) is 0 Å². The van der Waals surface area contributed by atoms with Gasteiger partial charge in [0.2, 0.25) is 12.2 Å². The van der Waals surface area contributed by atoms with Crippen LogP contribution in [-0.4, -0.2) is 38.9 Å². The third kappa shape index (κ3) is 3.02. The minimum absolute atomic E-state index is 0.0875. The lowest BCUT2D eigenvalue weighted by Crippen LogP contribution is -2.41. The molecule has 15 heavy (non-hydrogen) atoms.